The minimum atomic E-state index is -0.744. The van der Waals surface area contributed by atoms with Crippen LogP contribution < -0.4 is 5.32 Å². The lowest BCUT2D eigenvalue weighted by atomic mass is 10.0. The van der Waals surface area contributed by atoms with Gasteiger partial charge in [0.25, 0.3) is 0 Å². The summed E-state index contributed by atoms with van der Waals surface area (Å²) in [6.07, 6.45) is 8.40. The fourth-order valence-corrected chi connectivity index (χ4v) is 4.54. The monoisotopic (exact) mass is 440 g/mol. The van der Waals surface area contributed by atoms with E-state index in [1.54, 1.807) is 17.0 Å². The first-order valence-corrected chi connectivity index (χ1v) is 11.5. The molecule has 2 aliphatic rings. The predicted molar refractivity (Wildman–Crippen MR) is 115 cm³/mol. The van der Waals surface area contributed by atoms with E-state index in [9.17, 15) is 9.59 Å². The van der Waals surface area contributed by atoms with Gasteiger partial charge in [-0.15, -0.1) is 11.6 Å². The van der Waals surface area contributed by atoms with Crippen LogP contribution in [0.1, 0.15) is 63.0 Å². The molecule has 1 aliphatic carbocycles. The minimum Gasteiger partial charge on any atom is -0.376 e. The van der Waals surface area contributed by atoms with Crippen molar-refractivity contribution in [3.8, 4) is 0 Å². The van der Waals surface area contributed by atoms with Crippen molar-refractivity contribution >= 4 is 35.0 Å². The van der Waals surface area contributed by atoms with E-state index in [4.69, 9.17) is 27.9 Å². The smallest absolute Gasteiger partial charge is 0.247 e. The molecule has 1 aliphatic heterocycles. The van der Waals surface area contributed by atoms with Gasteiger partial charge in [-0.2, -0.15) is 0 Å². The topological polar surface area (TPSA) is 58.6 Å². The van der Waals surface area contributed by atoms with Gasteiger partial charge in [-0.1, -0.05) is 49.4 Å². The Labute approximate surface area is 183 Å². The Balaban J connectivity index is 1.85. The maximum absolute atomic E-state index is 13.4. The van der Waals surface area contributed by atoms with Crippen LogP contribution in [0.25, 0.3) is 0 Å². The van der Waals surface area contributed by atoms with Crippen molar-refractivity contribution in [1.82, 2.24) is 10.2 Å². The molecule has 0 radical (unpaired) electrons. The Kier molecular flexibility index (Phi) is 8.64. The molecule has 2 fully saturated rings. The summed E-state index contributed by atoms with van der Waals surface area (Å²) in [6.45, 7) is 1.05. The fourth-order valence-electron chi connectivity index (χ4n) is 4.26. The highest BCUT2D eigenvalue weighted by Gasteiger charge is 2.34. The molecular formula is C22H30Cl2N2O3. The zero-order valence-electron chi connectivity index (χ0n) is 16.7. The largest absolute Gasteiger partial charge is 0.376 e. The molecular weight excluding hydrogens is 411 g/mol. The lowest BCUT2D eigenvalue weighted by molar-refractivity contribution is -0.141. The van der Waals surface area contributed by atoms with Crippen molar-refractivity contribution in [2.45, 2.75) is 69.6 Å². The second-order valence-corrected chi connectivity index (χ2v) is 8.67. The summed E-state index contributed by atoms with van der Waals surface area (Å²) < 4.78 is 5.74. The van der Waals surface area contributed by atoms with E-state index in [1.165, 1.54) is 12.8 Å². The maximum Gasteiger partial charge on any atom is 0.247 e. The number of benzene rings is 1. The number of amides is 2. The van der Waals surface area contributed by atoms with Crippen LogP contribution in [0.5, 0.6) is 0 Å². The van der Waals surface area contributed by atoms with Crippen LogP contribution in [0, 0.1) is 0 Å². The average Bonchev–Trinajstić information content (AvgIpc) is 3.11. The van der Waals surface area contributed by atoms with Gasteiger partial charge in [-0.3, -0.25) is 9.59 Å². The van der Waals surface area contributed by atoms with Gasteiger partial charge in [-0.25, -0.2) is 0 Å². The van der Waals surface area contributed by atoms with Crippen molar-refractivity contribution < 1.29 is 14.3 Å². The second-order valence-electron chi connectivity index (χ2n) is 7.97. The summed E-state index contributed by atoms with van der Waals surface area (Å²) >= 11 is 12.0. The molecule has 1 saturated carbocycles. The van der Waals surface area contributed by atoms with E-state index >= 15 is 0 Å². The number of hydrogen-bond donors (Lipinski definition) is 1. The van der Waals surface area contributed by atoms with Gasteiger partial charge in [0.1, 0.15) is 11.9 Å². The third-order valence-electron chi connectivity index (χ3n) is 5.81. The number of carbonyl (C=O) groups excluding carboxylic acids is 2. The van der Waals surface area contributed by atoms with Crippen LogP contribution in [0.2, 0.25) is 5.02 Å². The quantitative estimate of drug-likeness (QED) is 0.502. The molecule has 0 bridgehead atoms. The fraction of sp³-hybridized carbons (Fsp3) is 0.636. The summed E-state index contributed by atoms with van der Waals surface area (Å²) in [5.74, 6) is -0.595. The summed E-state index contributed by atoms with van der Waals surface area (Å²) in [6, 6.07) is 6.52. The van der Waals surface area contributed by atoms with E-state index in [2.05, 4.69) is 5.32 Å². The van der Waals surface area contributed by atoms with Crippen molar-refractivity contribution in [3.63, 3.8) is 0 Å². The van der Waals surface area contributed by atoms with Crippen molar-refractivity contribution in [1.29, 1.82) is 0 Å². The highest BCUT2D eigenvalue weighted by Crippen LogP contribution is 2.27. The van der Waals surface area contributed by atoms with Crippen molar-refractivity contribution in [3.05, 3.63) is 34.9 Å². The Morgan fingerprint density at radius 3 is 2.34 bits per heavy atom. The number of alkyl halides is 1. The Bertz CT molecular complexity index is 669. The molecule has 160 valence electrons. The predicted octanol–water partition coefficient (Wildman–Crippen LogP) is 4.47. The summed E-state index contributed by atoms with van der Waals surface area (Å²) in [4.78, 5) is 27.8. The van der Waals surface area contributed by atoms with Crippen LogP contribution in [0.3, 0.4) is 0 Å². The second kappa shape index (κ2) is 11.2. The van der Waals surface area contributed by atoms with Crippen LogP contribution >= 0.6 is 23.2 Å². The summed E-state index contributed by atoms with van der Waals surface area (Å²) in [5.41, 5.74) is 0.733. The lowest BCUT2D eigenvalue weighted by Crippen LogP contribution is -2.49. The van der Waals surface area contributed by atoms with Crippen molar-refractivity contribution in [2.75, 3.05) is 19.0 Å². The van der Waals surface area contributed by atoms with E-state index < -0.39 is 6.04 Å². The number of nitrogens with zero attached hydrogens (tertiary/aromatic N) is 1. The number of ether oxygens (including phenoxy) is 1. The van der Waals surface area contributed by atoms with Crippen LogP contribution in [0.15, 0.2) is 24.3 Å². The molecule has 1 aromatic carbocycles. The Hall–Kier alpha value is -1.30. The Morgan fingerprint density at radius 2 is 1.76 bits per heavy atom. The van der Waals surface area contributed by atoms with Crippen LogP contribution in [0.4, 0.5) is 0 Å². The molecule has 2 amide bonds. The molecule has 1 aromatic rings. The minimum absolute atomic E-state index is 0.0670. The summed E-state index contributed by atoms with van der Waals surface area (Å²) in [7, 11) is 0. The Morgan fingerprint density at radius 1 is 1.07 bits per heavy atom. The van der Waals surface area contributed by atoms with Crippen LogP contribution in [-0.4, -0.2) is 47.9 Å². The number of carbonyl (C=O) groups is 2. The molecule has 5 nitrogen and oxygen atoms in total. The van der Waals surface area contributed by atoms with Gasteiger partial charge in [0.15, 0.2) is 0 Å². The standard InChI is InChI=1S/C22H30Cl2N2O3/c23-14-20(27)26(15-19-8-5-13-29-19)21(16-9-11-17(24)12-10-16)22(28)25-18-6-3-1-2-4-7-18/h9-12,18-19,21H,1-8,13-15H2,(H,25,28)/t19-,21+/m0/s1. The van der Waals surface area contributed by atoms with E-state index in [1.807, 2.05) is 12.1 Å². The van der Waals surface area contributed by atoms with Gasteiger partial charge in [0.2, 0.25) is 11.8 Å². The van der Waals surface area contributed by atoms with Gasteiger partial charge in [0, 0.05) is 24.2 Å². The molecule has 2 atom stereocenters. The molecule has 1 heterocycles. The first-order chi connectivity index (χ1) is 14.1. The van der Waals surface area contributed by atoms with E-state index in [0.29, 0.717) is 18.2 Å². The zero-order chi connectivity index (χ0) is 20.6. The highest BCUT2D eigenvalue weighted by molar-refractivity contribution is 6.30. The summed E-state index contributed by atoms with van der Waals surface area (Å²) in [5, 5.41) is 3.80. The number of hydrogen-bond acceptors (Lipinski definition) is 3. The normalized spacial score (nSPS) is 21.4. The SMILES string of the molecule is O=C(NC1CCCCCC1)[C@@H](c1ccc(Cl)cc1)N(C[C@@H]1CCCO1)C(=O)CCl. The third kappa shape index (κ3) is 6.34. The molecule has 3 rings (SSSR count). The zero-order valence-corrected chi connectivity index (χ0v) is 18.3. The maximum atomic E-state index is 13.4. The van der Waals surface area contributed by atoms with Gasteiger partial charge in [0.05, 0.1) is 6.10 Å². The van der Waals surface area contributed by atoms with E-state index in [-0.39, 0.29) is 29.8 Å². The average molecular weight is 441 g/mol. The van der Waals surface area contributed by atoms with Crippen LogP contribution in [-0.2, 0) is 14.3 Å². The molecule has 0 aromatic heterocycles. The number of halogens is 2. The lowest BCUT2D eigenvalue weighted by Gasteiger charge is -2.33. The first-order valence-electron chi connectivity index (χ1n) is 10.6. The molecule has 29 heavy (non-hydrogen) atoms. The molecule has 1 saturated heterocycles. The van der Waals surface area contributed by atoms with Gasteiger partial charge in [-0.05, 0) is 43.4 Å². The van der Waals surface area contributed by atoms with E-state index in [0.717, 1.165) is 44.1 Å². The third-order valence-corrected chi connectivity index (χ3v) is 6.29. The van der Waals surface area contributed by atoms with Gasteiger partial charge >= 0.3 is 0 Å². The number of nitrogens with one attached hydrogen (secondary N) is 1. The molecule has 0 spiro atoms. The van der Waals surface area contributed by atoms with Gasteiger partial charge < -0.3 is 15.0 Å². The molecule has 7 heteroatoms. The first kappa shape index (κ1) is 22.4. The highest BCUT2D eigenvalue weighted by atomic mass is 35.5. The van der Waals surface area contributed by atoms with Crippen molar-refractivity contribution in [2.24, 2.45) is 0 Å². The number of rotatable bonds is 7. The molecule has 0 unspecified atom stereocenters. The molecule has 1 N–H and O–H groups in total.